The van der Waals surface area contributed by atoms with E-state index in [0.29, 0.717) is 24.7 Å². The van der Waals surface area contributed by atoms with Crippen molar-refractivity contribution in [2.24, 2.45) is 5.73 Å². The highest BCUT2D eigenvalue weighted by Crippen LogP contribution is 2.33. The number of H-pyrrole nitrogens is 1. The van der Waals surface area contributed by atoms with Gasteiger partial charge < -0.3 is 15.2 Å². The number of carbonyl (C=O) groups is 1. The number of nitrogens with two attached hydrogens (primary N) is 1. The molecule has 2 aromatic rings. The minimum Gasteiger partial charge on any atom is -0.486 e. The van der Waals surface area contributed by atoms with Crippen LogP contribution in [0.2, 0.25) is 0 Å². The molecule has 3 rings (SSSR count). The van der Waals surface area contributed by atoms with E-state index in [2.05, 4.69) is 10.2 Å². The van der Waals surface area contributed by atoms with Gasteiger partial charge >= 0.3 is 0 Å². The molecular formula is C12H11N3O3. The normalized spacial score (nSPS) is 13.3. The molecule has 1 aliphatic heterocycles. The molecule has 0 aliphatic carbocycles. The Labute approximate surface area is 103 Å². The van der Waals surface area contributed by atoms with Crippen LogP contribution in [0.1, 0.15) is 10.5 Å². The second-order valence-electron chi connectivity index (χ2n) is 3.89. The minimum absolute atomic E-state index is 0.278. The summed E-state index contributed by atoms with van der Waals surface area (Å²) in [6.45, 7) is 1.09. The fourth-order valence-corrected chi connectivity index (χ4v) is 1.80. The van der Waals surface area contributed by atoms with Gasteiger partial charge in [-0.25, -0.2) is 0 Å². The zero-order valence-electron chi connectivity index (χ0n) is 9.47. The topological polar surface area (TPSA) is 90.2 Å². The third-order valence-corrected chi connectivity index (χ3v) is 2.68. The quantitative estimate of drug-likeness (QED) is 0.824. The van der Waals surface area contributed by atoms with Crippen LogP contribution in [-0.4, -0.2) is 29.3 Å². The van der Waals surface area contributed by atoms with Crippen LogP contribution in [0, 0.1) is 0 Å². The molecule has 0 spiro atoms. The number of benzene rings is 1. The Hall–Kier alpha value is -2.50. The molecule has 18 heavy (non-hydrogen) atoms. The standard InChI is InChI=1S/C12H11N3O3/c13-12(16)9-6-8(14-15-9)7-1-2-10-11(5-7)18-4-3-17-10/h1-2,5-6H,3-4H2,(H2,13,16)(H,14,15). The number of ether oxygens (including phenoxy) is 2. The summed E-state index contributed by atoms with van der Waals surface area (Å²) in [7, 11) is 0. The van der Waals surface area contributed by atoms with Gasteiger partial charge in [-0.1, -0.05) is 0 Å². The predicted octanol–water partition coefficient (Wildman–Crippen LogP) is 0.947. The number of nitrogens with one attached hydrogen (secondary N) is 1. The number of hydrogen-bond acceptors (Lipinski definition) is 4. The number of aromatic amines is 1. The Morgan fingerprint density at radius 3 is 2.72 bits per heavy atom. The van der Waals surface area contributed by atoms with Crippen LogP contribution in [0.3, 0.4) is 0 Å². The van der Waals surface area contributed by atoms with Crippen molar-refractivity contribution in [3.8, 4) is 22.8 Å². The molecule has 1 aromatic heterocycles. The fourth-order valence-electron chi connectivity index (χ4n) is 1.80. The Kier molecular flexibility index (Phi) is 2.40. The van der Waals surface area contributed by atoms with E-state index in [1.165, 1.54) is 0 Å². The summed E-state index contributed by atoms with van der Waals surface area (Å²) >= 11 is 0. The van der Waals surface area contributed by atoms with Crippen LogP contribution in [0.5, 0.6) is 11.5 Å². The second-order valence-corrected chi connectivity index (χ2v) is 3.89. The van der Waals surface area contributed by atoms with Gasteiger partial charge in [-0.15, -0.1) is 0 Å². The van der Waals surface area contributed by atoms with E-state index >= 15 is 0 Å². The SMILES string of the molecule is NC(=O)c1cc(-c2ccc3c(c2)OCCO3)n[nH]1. The summed E-state index contributed by atoms with van der Waals surface area (Å²) in [5.74, 6) is 0.865. The molecule has 1 amide bonds. The average molecular weight is 245 g/mol. The molecule has 0 unspecified atom stereocenters. The third-order valence-electron chi connectivity index (χ3n) is 2.68. The van der Waals surface area contributed by atoms with Gasteiger partial charge in [0.15, 0.2) is 11.5 Å². The van der Waals surface area contributed by atoms with E-state index in [9.17, 15) is 4.79 Å². The zero-order chi connectivity index (χ0) is 12.5. The first-order chi connectivity index (χ1) is 8.74. The van der Waals surface area contributed by atoms with E-state index in [-0.39, 0.29) is 5.69 Å². The van der Waals surface area contributed by atoms with Crippen molar-refractivity contribution in [3.05, 3.63) is 30.0 Å². The zero-order valence-corrected chi connectivity index (χ0v) is 9.47. The van der Waals surface area contributed by atoms with Gasteiger partial charge in [0, 0.05) is 5.56 Å². The molecule has 0 radical (unpaired) electrons. The Balaban J connectivity index is 1.98. The van der Waals surface area contributed by atoms with Gasteiger partial charge in [-0.05, 0) is 24.3 Å². The molecule has 6 heteroatoms. The lowest BCUT2D eigenvalue weighted by atomic mass is 10.1. The van der Waals surface area contributed by atoms with Crippen LogP contribution in [0.4, 0.5) is 0 Å². The first-order valence-corrected chi connectivity index (χ1v) is 5.49. The van der Waals surface area contributed by atoms with Crippen molar-refractivity contribution in [1.82, 2.24) is 10.2 Å². The smallest absolute Gasteiger partial charge is 0.266 e. The molecule has 1 aliphatic rings. The van der Waals surface area contributed by atoms with E-state index in [4.69, 9.17) is 15.2 Å². The van der Waals surface area contributed by atoms with Crippen LogP contribution in [0.25, 0.3) is 11.3 Å². The van der Waals surface area contributed by atoms with Crippen molar-refractivity contribution in [3.63, 3.8) is 0 Å². The van der Waals surface area contributed by atoms with Gasteiger partial charge in [-0.3, -0.25) is 9.89 Å². The summed E-state index contributed by atoms with van der Waals surface area (Å²) in [6, 6.07) is 7.11. The molecule has 0 fully saturated rings. The van der Waals surface area contributed by atoms with Crippen molar-refractivity contribution in [1.29, 1.82) is 0 Å². The summed E-state index contributed by atoms with van der Waals surface area (Å²) in [6.07, 6.45) is 0. The first-order valence-electron chi connectivity index (χ1n) is 5.49. The molecule has 0 atom stereocenters. The maximum atomic E-state index is 11.0. The Morgan fingerprint density at radius 1 is 1.22 bits per heavy atom. The van der Waals surface area contributed by atoms with E-state index < -0.39 is 5.91 Å². The van der Waals surface area contributed by atoms with E-state index in [1.54, 1.807) is 6.07 Å². The third kappa shape index (κ3) is 1.77. The van der Waals surface area contributed by atoms with Crippen LogP contribution in [-0.2, 0) is 0 Å². The van der Waals surface area contributed by atoms with E-state index in [1.807, 2.05) is 18.2 Å². The number of fused-ring (bicyclic) bond motifs is 1. The molecule has 6 nitrogen and oxygen atoms in total. The number of carbonyl (C=O) groups excluding carboxylic acids is 1. The molecule has 0 bridgehead atoms. The summed E-state index contributed by atoms with van der Waals surface area (Å²) < 4.78 is 10.9. The number of nitrogens with zero attached hydrogens (tertiary/aromatic N) is 1. The minimum atomic E-state index is -0.536. The lowest BCUT2D eigenvalue weighted by Crippen LogP contribution is -2.15. The van der Waals surface area contributed by atoms with Crippen molar-refractivity contribution in [2.75, 3.05) is 13.2 Å². The highest BCUT2D eigenvalue weighted by Gasteiger charge is 2.14. The monoisotopic (exact) mass is 245 g/mol. The number of hydrogen-bond donors (Lipinski definition) is 2. The van der Waals surface area contributed by atoms with Gasteiger partial charge in [0.25, 0.3) is 5.91 Å². The largest absolute Gasteiger partial charge is 0.486 e. The highest BCUT2D eigenvalue weighted by atomic mass is 16.6. The number of amides is 1. The van der Waals surface area contributed by atoms with Crippen molar-refractivity contribution < 1.29 is 14.3 Å². The maximum Gasteiger partial charge on any atom is 0.266 e. The van der Waals surface area contributed by atoms with Gasteiger partial charge in [-0.2, -0.15) is 5.10 Å². The number of primary amides is 1. The first kappa shape index (κ1) is 10.6. The van der Waals surface area contributed by atoms with Gasteiger partial charge in [0.2, 0.25) is 0 Å². The molecule has 0 saturated heterocycles. The lowest BCUT2D eigenvalue weighted by molar-refractivity contribution is 0.0995. The number of rotatable bonds is 2. The van der Waals surface area contributed by atoms with Crippen molar-refractivity contribution in [2.45, 2.75) is 0 Å². The molecular weight excluding hydrogens is 234 g/mol. The molecule has 2 heterocycles. The summed E-state index contributed by atoms with van der Waals surface area (Å²) in [5.41, 5.74) is 6.91. The van der Waals surface area contributed by atoms with Crippen LogP contribution < -0.4 is 15.2 Å². The Bertz CT molecular complexity index is 606. The fraction of sp³-hybridized carbons (Fsp3) is 0.167. The van der Waals surface area contributed by atoms with Gasteiger partial charge in [0.05, 0.1) is 5.69 Å². The lowest BCUT2D eigenvalue weighted by Gasteiger charge is -2.18. The van der Waals surface area contributed by atoms with Crippen molar-refractivity contribution >= 4 is 5.91 Å². The molecule has 92 valence electrons. The molecule has 3 N–H and O–H groups in total. The van der Waals surface area contributed by atoms with Gasteiger partial charge in [0.1, 0.15) is 18.9 Å². The molecule has 0 saturated carbocycles. The second kappa shape index (κ2) is 4.06. The predicted molar refractivity (Wildman–Crippen MR) is 63.5 cm³/mol. The highest BCUT2D eigenvalue weighted by molar-refractivity contribution is 5.91. The maximum absolute atomic E-state index is 11.0. The van der Waals surface area contributed by atoms with Crippen LogP contribution >= 0.6 is 0 Å². The summed E-state index contributed by atoms with van der Waals surface area (Å²) in [4.78, 5) is 11.0. The number of aromatic nitrogens is 2. The van der Waals surface area contributed by atoms with E-state index in [0.717, 1.165) is 11.3 Å². The average Bonchev–Trinajstić information content (AvgIpc) is 2.88. The molecule has 1 aromatic carbocycles. The summed E-state index contributed by atoms with van der Waals surface area (Å²) in [5, 5.41) is 6.62. The Morgan fingerprint density at radius 2 is 2.00 bits per heavy atom. The van der Waals surface area contributed by atoms with Crippen LogP contribution in [0.15, 0.2) is 24.3 Å².